The van der Waals surface area contributed by atoms with Gasteiger partial charge in [-0.15, -0.1) is 17.5 Å². The molecule has 0 heterocycles. The zero-order valence-electron chi connectivity index (χ0n) is 19.9. The Morgan fingerprint density at radius 1 is 0.871 bits per heavy atom. The van der Waals surface area contributed by atoms with Gasteiger partial charge in [-0.25, -0.2) is 11.6 Å². The van der Waals surface area contributed by atoms with Crippen LogP contribution in [0.5, 0.6) is 0 Å². The third kappa shape index (κ3) is 7.45. The first kappa shape index (κ1) is 30.4. The van der Waals surface area contributed by atoms with Gasteiger partial charge in [0, 0.05) is 0 Å². The van der Waals surface area contributed by atoms with E-state index in [4.69, 9.17) is 0 Å². The minimum atomic E-state index is 0. The van der Waals surface area contributed by atoms with Crippen LogP contribution in [0.25, 0.3) is 11.1 Å². The smallest absolute Gasteiger partial charge is 1.00 e. The third-order valence-electron chi connectivity index (χ3n) is 5.61. The van der Waals surface area contributed by atoms with Crippen molar-refractivity contribution in [2.24, 2.45) is 0 Å². The normalized spacial score (nSPS) is 13.5. The van der Waals surface area contributed by atoms with Crippen LogP contribution in [0.3, 0.4) is 0 Å². The summed E-state index contributed by atoms with van der Waals surface area (Å²) in [5, 5.41) is 0. The van der Waals surface area contributed by atoms with Crippen LogP contribution in [0.1, 0.15) is 83.6 Å². The molecule has 0 aliphatic heterocycles. The molecular formula is C28H34Cl2Zr. The summed E-state index contributed by atoms with van der Waals surface area (Å²) in [4.78, 5) is 0. The minimum absolute atomic E-state index is 0. The molecular weight excluding hydrogens is 498 g/mol. The van der Waals surface area contributed by atoms with E-state index in [-0.39, 0.29) is 61.8 Å². The Morgan fingerprint density at radius 3 is 2.00 bits per heavy atom. The average molecular weight is 533 g/mol. The Morgan fingerprint density at radius 2 is 1.52 bits per heavy atom. The van der Waals surface area contributed by atoms with Gasteiger partial charge < -0.3 is 24.8 Å². The molecule has 0 radical (unpaired) electrons. The monoisotopic (exact) mass is 530 g/mol. The van der Waals surface area contributed by atoms with Crippen LogP contribution in [0.2, 0.25) is 0 Å². The van der Waals surface area contributed by atoms with Crippen LogP contribution in [-0.2, 0) is 43.5 Å². The van der Waals surface area contributed by atoms with E-state index in [1.54, 1.807) is 0 Å². The van der Waals surface area contributed by atoms with E-state index < -0.39 is 0 Å². The molecule has 0 spiro atoms. The van der Waals surface area contributed by atoms with E-state index in [1.165, 1.54) is 39.0 Å². The van der Waals surface area contributed by atoms with Crippen LogP contribution >= 0.6 is 0 Å². The number of allylic oxidation sites excluding steroid dienone is 4. The molecule has 2 aromatic rings. The maximum atomic E-state index is 3.67. The molecule has 4 rings (SSSR count). The molecule has 3 heteroatoms. The summed E-state index contributed by atoms with van der Waals surface area (Å²) in [7, 11) is 0. The van der Waals surface area contributed by atoms with Crippen LogP contribution in [0, 0.1) is 12.1 Å². The molecule has 164 valence electrons. The fraction of sp³-hybridized carbons (Fsp3) is 0.429. The quantitative estimate of drug-likeness (QED) is 0.419. The van der Waals surface area contributed by atoms with Gasteiger partial charge in [-0.05, 0) is 28.4 Å². The molecule has 0 unspecified atom stereocenters. The largest absolute Gasteiger partial charge is 4.00 e. The van der Waals surface area contributed by atoms with E-state index in [9.17, 15) is 0 Å². The molecule has 0 saturated carbocycles. The van der Waals surface area contributed by atoms with Crippen LogP contribution < -0.4 is 24.8 Å². The first-order chi connectivity index (χ1) is 13.1. The molecule has 0 aromatic heterocycles. The topological polar surface area (TPSA) is 0 Å². The van der Waals surface area contributed by atoms with Crippen molar-refractivity contribution in [3.63, 3.8) is 0 Å². The van der Waals surface area contributed by atoms with E-state index in [0.29, 0.717) is 0 Å². The van der Waals surface area contributed by atoms with Crippen molar-refractivity contribution in [2.45, 2.75) is 78.6 Å². The molecule has 0 fully saturated rings. The molecule has 2 aliphatic carbocycles. The molecule has 0 bridgehead atoms. The van der Waals surface area contributed by atoms with Gasteiger partial charge in [-0.3, -0.25) is 6.08 Å². The Balaban J connectivity index is 0.000000777. The van der Waals surface area contributed by atoms with Gasteiger partial charge in [0.05, 0.1) is 0 Å². The van der Waals surface area contributed by atoms with Gasteiger partial charge in [0.25, 0.3) is 0 Å². The van der Waals surface area contributed by atoms with Gasteiger partial charge in [0.1, 0.15) is 0 Å². The fourth-order valence-electron chi connectivity index (χ4n) is 3.72. The fourth-order valence-corrected chi connectivity index (χ4v) is 3.72. The summed E-state index contributed by atoms with van der Waals surface area (Å²) in [6.07, 6.45) is 10.7. The molecule has 0 N–H and O–H groups in total. The standard InChI is InChI=1S/C21H25.C7H9.2ClH.Zr/c1-20(2,3)16-7-9-18-14(12-16)11-15-13-17(21(4,5)6)8-10-19(15)18;1-2-7-5-3-4-6-7;;;/h7-10,12H,11H2,1-6H3;3,5H,2,4H2,1H3;2*1H;/q2*-1;;;+4/p-2. The number of hydrogen-bond donors (Lipinski definition) is 0. The van der Waals surface area contributed by atoms with E-state index >= 15 is 0 Å². The second-order valence-corrected chi connectivity index (χ2v) is 9.98. The summed E-state index contributed by atoms with van der Waals surface area (Å²) in [5.41, 5.74) is 10.1. The molecule has 2 aliphatic rings. The predicted octanol–water partition coefficient (Wildman–Crippen LogP) is 1.74. The Bertz CT molecular complexity index is 864. The van der Waals surface area contributed by atoms with Crippen LogP contribution in [-0.4, -0.2) is 0 Å². The SMILES string of the molecule is CC(C)(C)c1[c-]c2c(cc1)-c1ccc(C(C)(C)C)cc1C2.CCC1=[C-]CC=C1.[Cl-].[Cl-].[Zr+4]. The van der Waals surface area contributed by atoms with Crippen molar-refractivity contribution in [3.8, 4) is 11.1 Å². The number of halogens is 2. The van der Waals surface area contributed by atoms with Crippen molar-refractivity contribution in [3.05, 3.63) is 82.5 Å². The molecule has 2 aromatic carbocycles. The summed E-state index contributed by atoms with van der Waals surface area (Å²) < 4.78 is 0. The summed E-state index contributed by atoms with van der Waals surface area (Å²) in [5.74, 6) is 0. The zero-order chi connectivity index (χ0) is 20.5. The van der Waals surface area contributed by atoms with Crippen molar-refractivity contribution in [1.29, 1.82) is 0 Å². The summed E-state index contributed by atoms with van der Waals surface area (Å²) in [6.45, 7) is 15.8. The number of hydrogen-bond acceptors (Lipinski definition) is 0. The number of fused-ring (bicyclic) bond motifs is 3. The number of benzene rings is 2. The first-order valence-electron chi connectivity index (χ1n) is 10.6. The maximum absolute atomic E-state index is 3.67. The van der Waals surface area contributed by atoms with Gasteiger partial charge >= 0.3 is 26.2 Å². The van der Waals surface area contributed by atoms with E-state index in [1.807, 2.05) is 0 Å². The second-order valence-electron chi connectivity index (χ2n) is 9.98. The Hall–Kier alpha value is -0.617. The van der Waals surface area contributed by atoms with E-state index in [0.717, 1.165) is 19.3 Å². The minimum Gasteiger partial charge on any atom is -1.00 e. The van der Waals surface area contributed by atoms with Crippen molar-refractivity contribution < 1.29 is 51.0 Å². The van der Waals surface area contributed by atoms with Gasteiger partial charge in [0.15, 0.2) is 0 Å². The van der Waals surface area contributed by atoms with Crippen LogP contribution in [0.4, 0.5) is 0 Å². The summed E-state index contributed by atoms with van der Waals surface area (Å²) >= 11 is 0. The zero-order valence-corrected chi connectivity index (χ0v) is 23.9. The molecule has 0 saturated heterocycles. The Labute approximate surface area is 221 Å². The van der Waals surface area contributed by atoms with Crippen molar-refractivity contribution in [1.82, 2.24) is 0 Å². The van der Waals surface area contributed by atoms with Crippen molar-refractivity contribution in [2.75, 3.05) is 0 Å². The molecule has 0 atom stereocenters. The van der Waals surface area contributed by atoms with E-state index in [2.05, 4.69) is 103 Å². The van der Waals surface area contributed by atoms with Crippen LogP contribution in [0.15, 0.2) is 48.1 Å². The third-order valence-corrected chi connectivity index (χ3v) is 5.61. The second kappa shape index (κ2) is 12.0. The average Bonchev–Trinajstić information content (AvgIpc) is 3.26. The first-order valence-corrected chi connectivity index (χ1v) is 10.6. The molecule has 0 amide bonds. The molecule has 0 nitrogen and oxygen atoms in total. The van der Waals surface area contributed by atoms with Gasteiger partial charge in [-0.2, -0.15) is 29.8 Å². The Kier molecular flexibility index (Phi) is 11.8. The molecule has 31 heavy (non-hydrogen) atoms. The van der Waals surface area contributed by atoms with Crippen molar-refractivity contribution >= 4 is 0 Å². The summed E-state index contributed by atoms with van der Waals surface area (Å²) in [6, 6.07) is 15.2. The maximum Gasteiger partial charge on any atom is 4.00 e. The van der Waals surface area contributed by atoms with Gasteiger partial charge in [-0.1, -0.05) is 78.6 Å². The van der Waals surface area contributed by atoms with Gasteiger partial charge in [0.2, 0.25) is 0 Å². The number of rotatable bonds is 1. The predicted molar refractivity (Wildman–Crippen MR) is 122 cm³/mol.